The van der Waals surface area contributed by atoms with Gasteiger partial charge in [0.05, 0.1) is 22.8 Å². The van der Waals surface area contributed by atoms with Crippen molar-refractivity contribution >= 4 is 27.5 Å². The SMILES string of the molecule is COc1ccc2ccccc2c1S(=O)C(C)(C)C1=N[C@@H](c2ccccc2)CO1. The lowest BCUT2D eigenvalue weighted by atomic mass is 10.1. The molecule has 0 saturated carbocycles. The molecule has 28 heavy (non-hydrogen) atoms. The standard InChI is InChI=1S/C23H23NO3S/c1-23(2,22-24-19(15-27-22)17-10-5-4-6-11-17)28(25)21-18-12-8-7-9-16(18)13-14-20(21)26-3/h4-14,19H,15H2,1-3H3/t19-,28?/m1/s1. The Hall–Kier alpha value is -2.66. The predicted octanol–water partition coefficient (Wildman–Crippen LogP) is 4.90. The summed E-state index contributed by atoms with van der Waals surface area (Å²) >= 11 is 0. The molecule has 0 saturated heterocycles. The van der Waals surface area contributed by atoms with E-state index < -0.39 is 15.5 Å². The second-order valence-corrected chi connectivity index (χ2v) is 9.24. The van der Waals surface area contributed by atoms with Crippen molar-refractivity contribution in [3.8, 4) is 5.75 Å². The van der Waals surface area contributed by atoms with Gasteiger partial charge in [-0.05, 0) is 30.9 Å². The summed E-state index contributed by atoms with van der Waals surface area (Å²) in [5.41, 5.74) is 1.10. The van der Waals surface area contributed by atoms with E-state index in [9.17, 15) is 4.21 Å². The summed E-state index contributed by atoms with van der Waals surface area (Å²) in [6.45, 7) is 4.29. The zero-order valence-electron chi connectivity index (χ0n) is 16.2. The Morgan fingerprint density at radius 1 is 1.04 bits per heavy atom. The van der Waals surface area contributed by atoms with Crippen LogP contribution in [0.3, 0.4) is 0 Å². The highest BCUT2D eigenvalue weighted by atomic mass is 32.2. The zero-order valence-corrected chi connectivity index (χ0v) is 17.0. The van der Waals surface area contributed by atoms with E-state index in [4.69, 9.17) is 14.5 Å². The number of rotatable bonds is 5. The summed E-state index contributed by atoms with van der Waals surface area (Å²) in [5, 5.41) is 1.95. The number of hydrogen-bond donors (Lipinski definition) is 0. The molecule has 1 unspecified atom stereocenters. The number of ether oxygens (including phenoxy) is 2. The average molecular weight is 394 g/mol. The lowest BCUT2D eigenvalue weighted by Crippen LogP contribution is -2.37. The van der Waals surface area contributed by atoms with Crippen LogP contribution < -0.4 is 4.74 Å². The highest BCUT2D eigenvalue weighted by molar-refractivity contribution is 7.87. The van der Waals surface area contributed by atoms with E-state index in [1.165, 1.54) is 0 Å². The van der Waals surface area contributed by atoms with Crippen molar-refractivity contribution in [3.63, 3.8) is 0 Å². The first-order valence-corrected chi connectivity index (χ1v) is 10.4. The molecule has 0 spiro atoms. The van der Waals surface area contributed by atoms with E-state index in [0.29, 0.717) is 23.1 Å². The van der Waals surface area contributed by atoms with Crippen molar-refractivity contribution in [1.29, 1.82) is 0 Å². The monoisotopic (exact) mass is 393 g/mol. The van der Waals surface area contributed by atoms with Crippen LogP contribution in [0.25, 0.3) is 10.8 Å². The zero-order chi connectivity index (χ0) is 19.7. The van der Waals surface area contributed by atoms with Gasteiger partial charge in [-0.2, -0.15) is 0 Å². The molecule has 4 nitrogen and oxygen atoms in total. The van der Waals surface area contributed by atoms with Gasteiger partial charge in [-0.3, -0.25) is 4.21 Å². The van der Waals surface area contributed by atoms with Crippen LogP contribution in [0, 0.1) is 0 Å². The molecule has 0 fully saturated rings. The van der Waals surface area contributed by atoms with Gasteiger partial charge in [-0.15, -0.1) is 0 Å². The van der Waals surface area contributed by atoms with Gasteiger partial charge < -0.3 is 9.47 Å². The van der Waals surface area contributed by atoms with Crippen LogP contribution in [0.5, 0.6) is 5.75 Å². The van der Waals surface area contributed by atoms with Gasteiger partial charge in [0.2, 0.25) is 5.90 Å². The quantitative estimate of drug-likeness (QED) is 0.619. The normalized spacial score (nSPS) is 17.8. The van der Waals surface area contributed by atoms with Crippen molar-refractivity contribution in [3.05, 3.63) is 72.3 Å². The number of hydrogen-bond acceptors (Lipinski definition) is 4. The summed E-state index contributed by atoms with van der Waals surface area (Å²) in [6.07, 6.45) is 0. The summed E-state index contributed by atoms with van der Waals surface area (Å²) in [4.78, 5) is 5.45. The van der Waals surface area contributed by atoms with Gasteiger partial charge in [0.15, 0.2) is 0 Å². The third kappa shape index (κ3) is 3.20. The predicted molar refractivity (Wildman–Crippen MR) is 114 cm³/mol. The van der Waals surface area contributed by atoms with Crippen LogP contribution >= 0.6 is 0 Å². The van der Waals surface area contributed by atoms with Gasteiger partial charge in [-0.25, -0.2) is 4.99 Å². The van der Waals surface area contributed by atoms with E-state index >= 15 is 0 Å². The van der Waals surface area contributed by atoms with Crippen LogP contribution in [0.15, 0.2) is 76.6 Å². The highest BCUT2D eigenvalue weighted by Crippen LogP contribution is 2.37. The second-order valence-electron chi connectivity index (χ2n) is 7.27. The molecule has 3 aromatic rings. The van der Waals surface area contributed by atoms with Gasteiger partial charge >= 0.3 is 0 Å². The lowest BCUT2D eigenvalue weighted by Gasteiger charge is -2.25. The molecular weight excluding hydrogens is 370 g/mol. The Morgan fingerprint density at radius 3 is 2.50 bits per heavy atom. The molecule has 4 rings (SSSR count). The minimum absolute atomic E-state index is 0.0677. The maximum Gasteiger partial charge on any atom is 0.203 e. The van der Waals surface area contributed by atoms with Crippen molar-refractivity contribution in [1.82, 2.24) is 0 Å². The van der Waals surface area contributed by atoms with Crippen molar-refractivity contribution in [2.45, 2.75) is 29.5 Å². The lowest BCUT2D eigenvalue weighted by molar-refractivity contribution is 0.306. The van der Waals surface area contributed by atoms with Crippen LogP contribution in [-0.2, 0) is 15.5 Å². The molecule has 0 aliphatic carbocycles. The molecule has 1 aliphatic rings. The Morgan fingerprint density at radius 2 is 1.75 bits per heavy atom. The van der Waals surface area contributed by atoms with Crippen LogP contribution in [0.2, 0.25) is 0 Å². The minimum Gasteiger partial charge on any atom is -0.495 e. The highest BCUT2D eigenvalue weighted by Gasteiger charge is 2.40. The molecule has 2 atom stereocenters. The molecule has 0 amide bonds. The van der Waals surface area contributed by atoms with Gasteiger partial charge in [0, 0.05) is 5.39 Å². The smallest absolute Gasteiger partial charge is 0.203 e. The van der Waals surface area contributed by atoms with Crippen LogP contribution in [0.1, 0.15) is 25.5 Å². The molecule has 3 aromatic carbocycles. The van der Waals surface area contributed by atoms with Crippen molar-refractivity contribution < 1.29 is 13.7 Å². The van der Waals surface area contributed by atoms with Gasteiger partial charge in [-0.1, -0.05) is 60.7 Å². The number of nitrogens with zero attached hydrogens (tertiary/aromatic N) is 1. The fourth-order valence-corrected chi connectivity index (χ4v) is 4.96. The number of methoxy groups -OCH3 is 1. The molecule has 0 N–H and O–H groups in total. The summed E-state index contributed by atoms with van der Waals surface area (Å²) in [5.74, 6) is 1.14. The minimum atomic E-state index is -1.42. The maximum atomic E-state index is 13.8. The van der Waals surface area contributed by atoms with E-state index in [2.05, 4.69) is 0 Å². The molecular formula is C23H23NO3S. The van der Waals surface area contributed by atoms with E-state index in [1.54, 1.807) is 7.11 Å². The van der Waals surface area contributed by atoms with Gasteiger partial charge in [0.1, 0.15) is 23.1 Å². The van der Waals surface area contributed by atoms with E-state index in [0.717, 1.165) is 16.3 Å². The van der Waals surface area contributed by atoms with Crippen molar-refractivity contribution in [2.75, 3.05) is 13.7 Å². The van der Waals surface area contributed by atoms with Crippen molar-refractivity contribution in [2.24, 2.45) is 4.99 Å². The van der Waals surface area contributed by atoms with E-state index in [1.807, 2.05) is 80.6 Å². The molecule has 5 heteroatoms. The Balaban J connectivity index is 1.75. The third-order valence-corrected chi connectivity index (χ3v) is 6.96. The maximum absolute atomic E-state index is 13.8. The second kappa shape index (κ2) is 7.40. The Labute approximate surface area is 167 Å². The van der Waals surface area contributed by atoms with Gasteiger partial charge in [0.25, 0.3) is 0 Å². The fraction of sp³-hybridized carbons (Fsp3) is 0.261. The summed E-state index contributed by atoms with van der Waals surface area (Å²) in [7, 11) is 0.182. The van der Waals surface area contributed by atoms with Crippen LogP contribution in [-0.4, -0.2) is 28.6 Å². The van der Waals surface area contributed by atoms with Crippen LogP contribution in [0.4, 0.5) is 0 Å². The largest absolute Gasteiger partial charge is 0.495 e. The first-order chi connectivity index (χ1) is 13.5. The fourth-order valence-electron chi connectivity index (χ4n) is 3.46. The Bertz CT molecular complexity index is 1060. The van der Waals surface area contributed by atoms with E-state index in [-0.39, 0.29) is 6.04 Å². The first-order valence-electron chi connectivity index (χ1n) is 9.26. The molecule has 144 valence electrons. The number of aliphatic imine (C=N–C) groups is 1. The molecule has 1 heterocycles. The average Bonchev–Trinajstić information content (AvgIpc) is 3.24. The topological polar surface area (TPSA) is 47.9 Å². The first kappa shape index (κ1) is 18.7. The molecule has 0 aromatic heterocycles. The number of fused-ring (bicyclic) bond motifs is 1. The third-order valence-electron chi connectivity index (χ3n) is 5.06. The Kier molecular flexibility index (Phi) is 4.94. The molecule has 0 bridgehead atoms. The molecule has 1 aliphatic heterocycles. The summed E-state index contributed by atoms with van der Waals surface area (Å²) in [6, 6.07) is 21.7. The molecule has 0 radical (unpaired) electrons. The number of benzene rings is 3. The summed E-state index contributed by atoms with van der Waals surface area (Å²) < 4.78 is 24.4.